The molecule has 0 aliphatic carbocycles. The highest BCUT2D eigenvalue weighted by molar-refractivity contribution is 9.13. The zero-order valence-electron chi connectivity index (χ0n) is 6.44. The first-order valence-corrected chi connectivity index (χ1v) is 5.88. The van der Waals surface area contributed by atoms with Gasteiger partial charge in [0.15, 0.2) is 0 Å². The van der Waals surface area contributed by atoms with E-state index in [1.165, 1.54) is 11.3 Å². The van der Waals surface area contributed by atoms with Gasteiger partial charge in [0.25, 0.3) is 0 Å². The van der Waals surface area contributed by atoms with Crippen molar-refractivity contribution in [1.29, 1.82) is 0 Å². The maximum atomic E-state index is 9.49. The van der Waals surface area contributed by atoms with Crippen LogP contribution in [0.15, 0.2) is 14.3 Å². The van der Waals surface area contributed by atoms with Gasteiger partial charge >= 0.3 is 0 Å². The topological polar surface area (TPSA) is 60.7 Å². The summed E-state index contributed by atoms with van der Waals surface area (Å²) >= 11 is 7.85. The number of halogens is 2. The maximum absolute atomic E-state index is 9.49. The fourth-order valence-corrected chi connectivity index (χ4v) is 2.93. The zero-order chi connectivity index (χ0) is 10.0. The third-order valence-corrected chi connectivity index (χ3v) is 4.83. The molecule has 13 heavy (non-hydrogen) atoms. The SMILES string of the molecule is OCC(O)C(O)c1cc(Br)c(Br)s1. The normalized spacial score (nSPS) is 15.8. The molecule has 1 aromatic rings. The van der Waals surface area contributed by atoms with Gasteiger partial charge in [-0.25, -0.2) is 0 Å². The molecule has 1 aromatic heterocycles. The van der Waals surface area contributed by atoms with Crippen LogP contribution >= 0.6 is 43.2 Å². The van der Waals surface area contributed by atoms with Gasteiger partial charge in [0, 0.05) is 9.35 Å². The molecule has 0 bridgehead atoms. The van der Waals surface area contributed by atoms with Crippen molar-refractivity contribution in [3.05, 3.63) is 19.2 Å². The van der Waals surface area contributed by atoms with Crippen molar-refractivity contribution in [2.24, 2.45) is 0 Å². The molecule has 0 saturated carbocycles. The van der Waals surface area contributed by atoms with E-state index in [0.29, 0.717) is 4.88 Å². The Morgan fingerprint density at radius 3 is 2.38 bits per heavy atom. The molecule has 0 fully saturated rings. The monoisotopic (exact) mass is 330 g/mol. The highest BCUT2D eigenvalue weighted by Gasteiger charge is 2.20. The second kappa shape index (κ2) is 4.86. The maximum Gasteiger partial charge on any atom is 0.116 e. The molecular formula is C7H8Br2O3S. The molecule has 3 nitrogen and oxygen atoms in total. The van der Waals surface area contributed by atoms with Crippen molar-refractivity contribution >= 4 is 43.2 Å². The fourth-order valence-electron chi connectivity index (χ4n) is 0.799. The Bertz CT molecular complexity index is 270. The summed E-state index contributed by atoms with van der Waals surface area (Å²) in [5.41, 5.74) is 0. The van der Waals surface area contributed by atoms with Gasteiger partial charge in [0.2, 0.25) is 0 Å². The average molecular weight is 332 g/mol. The van der Waals surface area contributed by atoms with E-state index in [4.69, 9.17) is 10.2 Å². The largest absolute Gasteiger partial charge is 0.394 e. The molecule has 0 amide bonds. The van der Waals surface area contributed by atoms with E-state index in [9.17, 15) is 5.11 Å². The highest BCUT2D eigenvalue weighted by Crippen LogP contribution is 2.36. The number of thiophene rings is 1. The molecule has 0 saturated heterocycles. The lowest BCUT2D eigenvalue weighted by Crippen LogP contribution is -2.21. The van der Waals surface area contributed by atoms with Gasteiger partial charge in [-0.05, 0) is 37.9 Å². The van der Waals surface area contributed by atoms with E-state index in [1.807, 2.05) is 0 Å². The Kier molecular flexibility index (Phi) is 4.34. The van der Waals surface area contributed by atoms with Crippen LogP contribution in [0.5, 0.6) is 0 Å². The Hall–Kier alpha value is 0.540. The minimum Gasteiger partial charge on any atom is -0.394 e. The van der Waals surface area contributed by atoms with Gasteiger partial charge in [0.05, 0.1) is 10.4 Å². The van der Waals surface area contributed by atoms with Crippen LogP contribution in [0.2, 0.25) is 0 Å². The van der Waals surface area contributed by atoms with Gasteiger partial charge in [-0.3, -0.25) is 0 Å². The van der Waals surface area contributed by atoms with Crippen LogP contribution in [0.25, 0.3) is 0 Å². The predicted octanol–water partition coefficient (Wildman–Crippen LogP) is 1.66. The van der Waals surface area contributed by atoms with Crippen LogP contribution in [0.1, 0.15) is 11.0 Å². The molecule has 0 radical (unpaired) electrons. The van der Waals surface area contributed by atoms with Crippen LogP contribution in [-0.4, -0.2) is 28.0 Å². The number of hydrogen-bond acceptors (Lipinski definition) is 4. The van der Waals surface area contributed by atoms with Crippen molar-refractivity contribution in [3.63, 3.8) is 0 Å². The van der Waals surface area contributed by atoms with E-state index >= 15 is 0 Å². The molecular weight excluding hydrogens is 324 g/mol. The van der Waals surface area contributed by atoms with Crippen molar-refractivity contribution < 1.29 is 15.3 Å². The van der Waals surface area contributed by atoms with E-state index < -0.39 is 18.8 Å². The second-order valence-corrected chi connectivity index (χ2v) is 5.72. The van der Waals surface area contributed by atoms with Gasteiger partial charge in [-0.1, -0.05) is 0 Å². The third-order valence-electron chi connectivity index (χ3n) is 1.51. The summed E-state index contributed by atoms with van der Waals surface area (Å²) in [6, 6.07) is 1.71. The molecule has 2 unspecified atom stereocenters. The Balaban J connectivity index is 2.82. The Morgan fingerprint density at radius 1 is 1.38 bits per heavy atom. The quantitative estimate of drug-likeness (QED) is 0.789. The molecule has 0 spiro atoms. The predicted molar refractivity (Wildman–Crippen MR) is 57.8 cm³/mol. The summed E-state index contributed by atoms with van der Waals surface area (Å²) in [4.78, 5) is 0.611. The molecule has 1 rings (SSSR count). The molecule has 0 aromatic carbocycles. The summed E-state index contributed by atoms with van der Waals surface area (Å²) in [6.45, 7) is -0.450. The summed E-state index contributed by atoms with van der Waals surface area (Å²) in [6.07, 6.45) is -2.16. The van der Waals surface area contributed by atoms with Crippen molar-refractivity contribution in [2.45, 2.75) is 12.2 Å². The molecule has 74 valence electrons. The third kappa shape index (κ3) is 2.74. The number of hydrogen-bond donors (Lipinski definition) is 3. The van der Waals surface area contributed by atoms with E-state index in [2.05, 4.69) is 31.9 Å². The summed E-state index contributed by atoms with van der Waals surface area (Å²) in [5, 5.41) is 27.3. The smallest absolute Gasteiger partial charge is 0.116 e. The summed E-state index contributed by atoms with van der Waals surface area (Å²) in [7, 11) is 0. The van der Waals surface area contributed by atoms with Crippen molar-refractivity contribution in [3.8, 4) is 0 Å². The van der Waals surface area contributed by atoms with Crippen LogP contribution in [-0.2, 0) is 0 Å². The molecule has 0 aliphatic heterocycles. The second-order valence-electron chi connectivity index (χ2n) is 2.47. The van der Waals surface area contributed by atoms with E-state index in [1.54, 1.807) is 6.07 Å². The molecule has 0 aliphatic rings. The lowest BCUT2D eigenvalue weighted by molar-refractivity contribution is -0.0135. The highest BCUT2D eigenvalue weighted by atomic mass is 79.9. The minimum absolute atomic E-state index is 0.450. The van der Waals surface area contributed by atoms with Crippen molar-refractivity contribution in [1.82, 2.24) is 0 Å². The van der Waals surface area contributed by atoms with E-state index in [-0.39, 0.29) is 0 Å². The summed E-state index contributed by atoms with van der Waals surface area (Å²) < 4.78 is 1.68. The summed E-state index contributed by atoms with van der Waals surface area (Å²) in [5.74, 6) is 0. The lowest BCUT2D eigenvalue weighted by atomic mass is 10.2. The van der Waals surface area contributed by atoms with Gasteiger partial charge in [-0.2, -0.15) is 0 Å². The van der Waals surface area contributed by atoms with Crippen molar-refractivity contribution in [2.75, 3.05) is 6.61 Å². The molecule has 6 heteroatoms. The number of rotatable bonds is 3. The fraction of sp³-hybridized carbons (Fsp3) is 0.429. The van der Waals surface area contributed by atoms with Crippen LogP contribution < -0.4 is 0 Å². The van der Waals surface area contributed by atoms with E-state index in [0.717, 1.165) is 8.26 Å². The van der Waals surface area contributed by atoms with Gasteiger partial charge in [0.1, 0.15) is 12.2 Å². The Morgan fingerprint density at radius 2 is 2.00 bits per heavy atom. The van der Waals surface area contributed by atoms with Gasteiger partial charge < -0.3 is 15.3 Å². The van der Waals surface area contributed by atoms with Crippen LogP contribution in [0.4, 0.5) is 0 Å². The lowest BCUT2D eigenvalue weighted by Gasteiger charge is -2.12. The average Bonchev–Trinajstić information content (AvgIpc) is 2.44. The standard InChI is InChI=1S/C7H8Br2O3S/c8-3-1-5(13-7(3)9)6(12)4(11)2-10/h1,4,6,10-12H,2H2. The van der Waals surface area contributed by atoms with Crippen LogP contribution in [0, 0.1) is 0 Å². The van der Waals surface area contributed by atoms with Crippen LogP contribution in [0.3, 0.4) is 0 Å². The number of aliphatic hydroxyl groups excluding tert-OH is 3. The minimum atomic E-state index is -1.13. The zero-order valence-corrected chi connectivity index (χ0v) is 10.4. The Labute approximate surface area is 96.3 Å². The molecule has 3 N–H and O–H groups in total. The van der Waals surface area contributed by atoms with Gasteiger partial charge in [-0.15, -0.1) is 11.3 Å². The number of aliphatic hydroxyl groups is 3. The first-order chi connectivity index (χ1) is 6.06. The molecule has 2 atom stereocenters. The first kappa shape index (κ1) is 11.6. The molecule has 1 heterocycles. The first-order valence-electron chi connectivity index (χ1n) is 3.48.